The number of aliphatic hydroxyl groups is 2. The molecule has 0 aromatic rings. The Hall–Kier alpha value is -2.85. The van der Waals surface area contributed by atoms with Crippen molar-refractivity contribution in [3.63, 3.8) is 0 Å². The van der Waals surface area contributed by atoms with Gasteiger partial charge >= 0.3 is 5.97 Å². The number of aliphatic hydroxyl groups excluding tert-OH is 2. The summed E-state index contributed by atoms with van der Waals surface area (Å²) in [5.74, 6) is -4.60. The van der Waals surface area contributed by atoms with Gasteiger partial charge in [0, 0.05) is 0 Å². The number of carboxylic acid groups (broad SMARTS) is 1. The molecular weight excluding hydrogens is 490 g/mol. The zero-order valence-corrected chi connectivity index (χ0v) is 21.4. The maximum Gasteiger partial charge on any atom is 0.326 e. The van der Waals surface area contributed by atoms with E-state index in [1.807, 2.05) is 0 Å². The van der Waals surface area contributed by atoms with Crippen LogP contribution >= 0.6 is 0 Å². The molecule has 0 radical (unpaired) electrons. The van der Waals surface area contributed by atoms with E-state index in [0.717, 1.165) is 0 Å². The van der Waals surface area contributed by atoms with Crippen LogP contribution in [0, 0.1) is 0 Å². The molecule has 13 N–H and O–H groups in total. The van der Waals surface area contributed by atoms with Crippen LogP contribution in [0.5, 0.6) is 0 Å². The lowest BCUT2D eigenvalue weighted by Gasteiger charge is -2.27. The van der Waals surface area contributed by atoms with Gasteiger partial charge in [0.05, 0.1) is 18.8 Å². The molecule has 0 spiro atoms. The number of hydrogen-bond donors (Lipinski definition) is 10. The summed E-state index contributed by atoms with van der Waals surface area (Å²) in [7, 11) is 0. The van der Waals surface area contributed by atoms with Gasteiger partial charge in [-0.1, -0.05) is 0 Å². The van der Waals surface area contributed by atoms with Crippen molar-refractivity contribution in [3.8, 4) is 0 Å². The number of nitrogens with one attached hydrogen (secondary N) is 4. The highest BCUT2D eigenvalue weighted by Gasteiger charge is 2.33. The third-order valence-corrected chi connectivity index (χ3v) is 5.43. The maximum atomic E-state index is 13.0. The van der Waals surface area contributed by atoms with Crippen molar-refractivity contribution in [2.24, 2.45) is 17.2 Å². The molecule has 0 saturated heterocycles. The molecule has 0 aliphatic rings. The van der Waals surface area contributed by atoms with Crippen molar-refractivity contribution < 1.29 is 39.3 Å². The number of hydrogen-bond acceptors (Lipinski definition) is 10. The van der Waals surface area contributed by atoms with Gasteiger partial charge in [-0.3, -0.25) is 19.2 Å². The fourth-order valence-corrected chi connectivity index (χ4v) is 3.20. The van der Waals surface area contributed by atoms with Gasteiger partial charge in [-0.15, -0.1) is 0 Å². The summed E-state index contributed by atoms with van der Waals surface area (Å²) in [6.07, 6.45) is 0.733. The van der Waals surface area contributed by atoms with Crippen LogP contribution in [0.25, 0.3) is 0 Å². The first-order chi connectivity index (χ1) is 17.4. The number of carboxylic acids is 1. The smallest absolute Gasteiger partial charge is 0.326 e. The summed E-state index contributed by atoms with van der Waals surface area (Å²) >= 11 is 0. The average molecular weight is 534 g/mol. The summed E-state index contributed by atoms with van der Waals surface area (Å²) in [6, 6.07) is -6.32. The predicted octanol–water partition coefficient (Wildman–Crippen LogP) is -4.01. The van der Waals surface area contributed by atoms with Crippen molar-refractivity contribution in [3.05, 3.63) is 0 Å². The predicted molar refractivity (Wildman–Crippen MR) is 134 cm³/mol. The monoisotopic (exact) mass is 533 g/mol. The Morgan fingerprint density at radius 3 is 1.59 bits per heavy atom. The van der Waals surface area contributed by atoms with Crippen molar-refractivity contribution in [1.29, 1.82) is 0 Å². The fraction of sp³-hybridized carbons (Fsp3) is 0.773. The molecule has 15 heteroatoms. The number of unbranched alkanes of at least 4 members (excludes halogenated alkanes) is 2. The van der Waals surface area contributed by atoms with Crippen molar-refractivity contribution in [2.45, 2.75) is 88.7 Å². The first-order valence-electron chi connectivity index (χ1n) is 12.3. The lowest BCUT2D eigenvalue weighted by molar-refractivity contribution is -0.143. The van der Waals surface area contributed by atoms with Crippen LogP contribution in [-0.2, 0) is 24.0 Å². The van der Waals surface area contributed by atoms with E-state index in [2.05, 4.69) is 21.3 Å². The van der Waals surface area contributed by atoms with Gasteiger partial charge in [0.15, 0.2) is 0 Å². The topological polar surface area (TPSA) is 272 Å². The second kappa shape index (κ2) is 18.4. The summed E-state index contributed by atoms with van der Waals surface area (Å²) in [4.78, 5) is 61.7. The summed E-state index contributed by atoms with van der Waals surface area (Å²) in [5.41, 5.74) is 16.4. The van der Waals surface area contributed by atoms with Gasteiger partial charge < -0.3 is 53.8 Å². The molecule has 37 heavy (non-hydrogen) atoms. The van der Waals surface area contributed by atoms with Crippen LogP contribution in [-0.4, -0.2) is 101 Å². The highest BCUT2D eigenvalue weighted by Crippen LogP contribution is 2.06. The number of aliphatic carboxylic acids is 1. The van der Waals surface area contributed by atoms with Crippen LogP contribution in [0.4, 0.5) is 0 Å². The molecule has 4 amide bonds. The summed E-state index contributed by atoms with van der Waals surface area (Å²) in [5, 5.41) is 38.4. The molecule has 15 nitrogen and oxygen atoms in total. The molecule has 0 unspecified atom stereocenters. The van der Waals surface area contributed by atoms with Crippen LogP contribution in [0.1, 0.15) is 52.4 Å². The van der Waals surface area contributed by atoms with Gasteiger partial charge in [0.2, 0.25) is 23.6 Å². The van der Waals surface area contributed by atoms with Gasteiger partial charge in [-0.2, -0.15) is 0 Å². The normalized spacial score (nSPS) is 15.9. The molecular formula is C22H43N7O8. The Balaban J connectivity index is 5.54. The maximum absolute atomic E-state index is 13.0. The number of nitrogens with two attached hydrogens (primary N) is 3. The van der Waals surface area contributed by atoms with E-state index in [-0.39, 0.29) is 12.8 Å². The quantitative estimate of drug-likeness (QED) is 0.0714. The van der Waals surface area contributed by atoms with Gasteiger partial charge in [0.25, 0.3) is 0 Å². The highest BCUT2D eigenvalue weighted by molar-refractivity contribution is 5.95. The Bertz CT molecular complexity index is 751. The first-order valence-corrected chi connectivity index (χ1v) is 12.3. The molecule has 0 aromatic carbocycles. The van der Waals surface area contributed by atoms with E-state index >= 15 is 0 Å². The Kier molecular flexibility index (Phi) is 17.0. The number of carbonyl (C=O) groups is 5. The summed E-state index contributed by atoms with van der Waals surface area (Å²) < 4.78 is 0. The number of rotatable bonds is 19. The largest absolute Gasteiger partial charge is 0.480 e. The van der Waals surface area contributed by atoms with E-state index < -0.39 is 72.5 Å². The molecule has 0 aliphatic heterocycles. The van der Waals surface area contributed by atoms with Gasteiger partial charge in [0.1, 0.15) is 24.2 Å². The standard InChI is InChI=1S/C22H43N7O8/c1-12(25)18(32)28-16(11-30)20(34)26-14(7-3-5-9-23)19(33)29-17(13(2)31)21(35)27-15(22(36)37)8-4-6-10-24/h12-17,30-31H,3-11,23-25H2,1-2H3,(H,26,34)(H,27,35)(H,28,32)(H,29,33)(H,36,37)/t12-,13+,14-,15-,16-,17-/m0/s1. The van der Waals surface area contributed by atoms with Crippen molar-refractivity contribution >= 4 is 29.6 Å². The van der Waals surface area contributed by atoms with Crippen LogP contribution in [0.15, 0.2) is 0 Å². The molecule has 0 rings (SSSR count). The van der Waals surface area contributed by atoms with Gasteiger partial charge in [-0.05, 0) is 65.5 Å². The number of carbonyl (C=O) groups excluding carboxylic acids is 4. The Morgan fingerprint density at radius 1 is 0.703 bits per heavy atom. The van der Waals surface area contributed by atoms with E-state index in [9.17, 15) is 39.3 Å². The van der Waals surface area contributed by atoms with E-state index in [1.165, 1.54) is 13.8 Å². The highest BCUT2D eigenvalue weighted by atomic mass is 16.4. The second-order valence-electron chi connectivity index (χ2n) is 8.79. The zero-order chi connectivity index (χ0) is 28.5. The average Bonchev–Trinajstić information content (AvgIpc) is 2.83. The molecule has 0 saturated carbocycles. The van der Waals surface area contributed by atoms with Gasteiger partial charge in [-0.25, -0.2) is 4.79 Å². The molecule has 0 fully saturated rings. The third kappa shape index (κ3) is 13.3. The third-order valence-electron chi connectivity index (χ3n) is 5.43. The Labute approximate surface area is 216 Å². The zero-order valence-electron chi connectivity index (χ0n) is 21.4. The van der Waals surface area contributed by atoms with Crippen LogP contribution in [0.3, 0.4) is 0 Å². The second-order valence-corrected chi connectivity index (χ2v) is 8.79. The molecule has 0 bridgehead atoms. The lowest BCUT2D eigenvalue weighted by atomic mass is 10.0. The van der Waals surface area contributed by atoms with E-state index in [0.29, 0.717) is 38.8 Å². The lowest BCUT2D eigenvalue weighted by Crippen LogP contribution is -2.60. The Morgan fingerprint density at radius 2 is 1.16 bits per heavy atom. The molecule has 0 aliphatic carbocycles. The summed E-state index contributed by atoms with van der Waals surface area (Å²) in [6.45, 7) is 2.55. The van der Waals surface area contributed by atoms with E-state index in [4.69, 9.17) is 17.2 Å². The minimum Gasteiger partial charge on any atom is -0.480 e. The SMILES string of the molecule is C[C@H](N)C(=O)N[C@@H](CO)C(=O)N[C@@H](CCCCN)C(=O)N[C@H](C(=O)N[C@@H](CCCCN)C(=O)O)[C@@H](C)O. The van der Waals surface area contributed by atoms with Crippen LogP contribution < -0.4 is 38.5 Å². The van der Waals surface area contributed by atoms with Crippen molar-refractivity contribution in [1.82, 2.24) is 21.3 Å². The fourth-order valence-electron chi connectivity index (χ4n) is 3.20. The van der Waals surface area contributed by atoms with Crippen LogP contribution in [0.2, 0.25) is 0 Å². The minimum absolute atomic E-state index is 0.0964. The molecule has 0 aromatic heterocycles. The van der Waals surface area contributed by atoms with Crippen molar-refractivity contribution in [2.75, 3.05) is 19.7 Å². The first kappa shape index (κ1) is 34.1. The van der Waals surface area contributed by atoms with E-state index in [1.54, 1.807) is 0 Å². The molecule has 0 heterocycles. The molecule has 6 atom stereocenters. The number of amides is 4. The molecule has 214 valence electrons. The minimum atomic E-state index is -1.52.